The fourth-order valence-electron chi connectivity index (χ4n) is 7.42. The second-order valence-electron chi connectivity index (χ2n) is 17.5. The number of ether oxygens (including phenoxy) is 2. The van der Waals surface area contributed by atoms with Crippen LogP contribution in [-0.4, -0.2) is 36.4 Å². The van der Waals surface area contributed by atoms with Gasteiger partial charge in [-0.05, 0) is 89.9 Å². The summed E-state index contributed by atoms with van der Waals surface area (Å²) in [4.78, 5) is 24.5. The molecule has 1 unspecified atom stereocenters. The molecule has 366 valence electrons. The average molecular weight is 889 g/mol. The van der Waals surface area contributed by atoms with Crippen molar-refractivity contribution in [1.82, 2.24) is 0 Å². The summed E-state index contributed by atoms with van der Waals surface area (Å²) in [5.41, 5.74) is 0. The van der Waals surface area contributed by atoms with Gasteiger partial charge in [0.1, 0.15) is 6.61 Å². The van der Waals surface area contributed by atoms with Crippen molar-refractivity contribution < 1.29 is 24.2 Å². The largest absolute Gasteiger partial charge is 0.462 e. The summed E-state index contributed by atoms with van der Waals surface area (Å²) in [6, 6.07) is 0. The second-order valence-corrected chi connectivity index (χ2v) is 17.5. The lowest BCUT2D eigenvalue weighted by atomic mass is 10.0. The Kier molecular flexibility index (Phi) is 51.5. The van der Waals surface area contributed by atoms with Gasteiger partial charge in [0.2, 0.25) is 0 Å². The fraction of sp³-hybridized carbons (Fsp3) is 0.695. The molecule has 0 aliphatic carbocycles. The van der Waals surface area contributed by atoms with Crippen LogP contribution in [0.25, 0.3) is 0 Å². The first-order valence-corrected chi connectivity index (χ1v) is 26.8. The summed E-state index contributed by atoms with van der Waals surface area (Å²) >= 11 is 0. The molecule has 5 heteroatoms. The van der Waals surface area contributed by atoms with Crippen LogP contribution >= 0.6 is 0 Å². The van der Waals surface area contributed by atoms with Crippen molar-refractivity contribution in [1.29, 1.82) is 0 Å². The zero-order valence-corrected chi connectivity index (χ0v) is 41.8. The number of hydrogen-bond donors (Lipinski definition) is 1. The Morgan fingerprint density at radius 3 is 0.938 bits per heavy atom. The lowest BCUT2D eigenvalue weighted by Crippen LogP contribution is -2.28. The van der Waals surface area contributed by atoms with E-state index in [1.54, 1.807) is 0 Å². The van der Waals surface area contributed by atoms with Crippen molar-refractivity contribution in [2.24, 2.45) is 0 Å². The van der Waals surface area contributed by atoms with Crippen molar-refractivity contribution in [3.8, 4) is 0 Å². The minimum Gasteiger partial charge on any atom is -0.462 e. The van der Waals surface area contributed by atoms with Gasteiger partial charge in [-0.3, -0.25) is 9.59 Å². The minimum absolute atomic E-state index is 0.0717. The third-order valence-corrected chi connectivity index (χ3v) is 11.4. The van der Waals surface area contributed by atoms with E-state index < -0.39 is 6.10 Å². The molecule has 0 amide bonds. The van der Waals surface area contributed by atoms with Gasteiger partial charge in [0.15, 0.2) is 6.10 Å². The molecule has 0 aromatic carbocycles. The van der Waals surface area contributed by atoms with Gasteiger partial charge < -0.3 is 14.6 Å². The van der Waals surface area contributed by atoms with Crippen LogP contribution in [0.5, 0.6) is 0 Å². The Morgan fingerprint density at radius 1 is 0.359 bits per heavy atom. The normalized spacial score (nSPS) is 13.0. The third kappa shape index (κ3) is 51.5. The van der Waals surface area contributed by atoms with Gasteiger partial charge in [0.25, 0.3) is 0 Å². The van der Waals surface area contributed by atoms with E-state index in [-0.39, 0.29) is 25.2 Å². The van der Waals surface area contributed by atoms with Crippen LogP contribution in [0, 0.1) is 0 Å². The second kappa shape index (κ2) is 54.2. The quantitative estimate of drug-likeness (QED) is 0.0374. The monoisotopic (exact) mass is 889 g/mol. The SMILES string of the molecule is CC/C=C\C/C=C\C/C=C\C/C=C\CCCCCCCCCCCCCCCCC(=O)OC(CO)COC(=O)CCCCCCCCCCCC/C=C\C/C=C\C/C=C\C/C=C\CC. The van der Waals surface area contributed by atoms with Gasteiger partial charge >= 0.3 is 11.9 Å². The van der Waals surface area contributed by atoms with Crippen molar-refractivity contribution in [3.05, 3.63) is 97.2 Å². The van der Waals surface area contributed by atoms with Crippen molar-refractivity contribution in [3.63, 3.8) is 0 Å². The van der Waals surface area contributed by atoms with Gasteiger partial charge in [-0.15, -0.1) is 0 Å². The van der Waals surface area contributed by atoms with Crippen LogP contribution in [-0.2, 0) is 19.1 Å². The standard InChI is InChI=1S/C59H100O5/c1-3-5-7-9-11-13-15-17-19-21-23-25-27-28-29-30-32-34-36-38-40-42-44-46-48-50-52-54-59(62)64-57(55-60)56-63-58(61)53-51-49-47-45-43-41-39-37-35-33-31-26-24-22-20-18-16-14-12-10-8-6-4-2/h5-8,11-14,17-20,23-26,57,60H,3-4,9-10,15-16,21-22,27-56H2,1-2H3/b7-5-,8-6-,13-11-,14-12-,19-17-,20-18-,25-23-,26-24-. The van der Waals surface area contributed by atoms with Gasteiger partial charge in [0, 0.05) is 12.8 Å². The van der Waals surface area contributed by atoms with Gasteiger partial charge in [0.05, 0.1) is 6.61 Å². The summed E-state index contributed by atoms with van der Waals surface area (Å²) < 4.78 is 10.7. The Bertz CT molecular complexity index is 1230. The third-order valence-electron chi connectivity index (χ3n) is 11.4. The highest BCUT2D eigenvalue weighted by Gasteiger charge is 2.16. The first-order chi connectivity index (χ1) is 31.6. The van der Waals surface area contributed by atoms with E-state index in [0.29, 0.717) is 12.8 Å². The predicted octanol–water partition coefficient (Wildman–Crippen LogP) is 18.0. The first-order valence-electron chi connectivity index (χ1n) is 26.8. The highest BCUT2D eigenvalue weighted by Crippen LogP contribution is 2.16. The van der Waals surface area contributed by atoms with Crippen LogP contribution in [0.4, 0.5) is 0 Å². The van der Waals surface area contributed by atoms with E-state index in [0.717, 1.165) is 89.9 Å². The lowest BCUT2D eigenvalue weighted by molar-refractivity contribution is -0.161. The molecule has 0 aliphatic heterocycles. The van der Waals surface area contributed by atoms with Gasteiger partial charge in [-0.25, -0.2) is 0 Å². The van der Waals surface area contributed by atoms with Crippen molar-refractivity contribution in [2.75, 3.05) is 13.2 Å². The minimum atomic E-state index is -0.780. The van der Waals surface area contributed by atoms with Gasteiger partial charge in [-0.1, -0.05) is 239 Å². The molecule has 1 atom stereocenters. The Morgan fingerprint density at radius 2 is 0.625 bits per heavy atom. The predicted molar refractivity (Wildman–Crippen MR) is 279 cm³/mol. The molecule has 64 heavy (non-hydrogen) atoms. The zero-order valence-electron chi connectivity index (χ0n) is 41.8. The maximum atomic E-state index is 12.3. The van der Waals surface area contributed by atoms with Crippen molar-refractivity contribution >= 4 is 11.9 Å². The lowest BCUT2D eigenvalue weighted by Gasteiger charge is -2.15. The van der Waals surface area contributed by atoms with Crippen LogP contribution < -0.4 is 0 Å². The van der Waals surface area contributed by atoms with Crippen LogP contribution in [0.2, 0.25) is 0 Å². The van der Waals surface area contributed by atoms with Crippen molar-refractivity contribution in [2.45, 2.75) is 251 Å². The van der Waals surface area contributed by atoms with Crippen LogP contribution in [0.1, 0.15) is 245 Å². The Hall–Kier alpha value is -3.18. The highest BCUT2D eigenvalue weighted by atomic mass is 16.6. The summed E-state index contributed by atoms with van der Waals surface area (Å²) in [5, 5.41) is 9.65. The number of esters is 2. The molecule has 0 saturated carbocycles. The molecule has 0 heterocycles. The molecule has 0 fully saturated rings. The number of aliphatic hydroxyl groups is 1. The first kappa shape index (κ1) is 60.8. The molecule has 0 aromatic rings. The highest BCUT2D eigenvalue weighted by molar-refractivity contribution is 5.70. The maximum Gasteiger partial charge on any atom is 0.306 e. The van der Waals surface area contributed by atoms with E-state index in [2.05, 4.69) is 111 Å². The molecular formula is C59H100O5. The summed E-state index contributed by atoms with van der Waals surface area (Å²) in [7, 11) is 0. The van der Waals surface area contributed by atoms with E-state index in [1.807, 2.05) is 0 Å². The van der Waals surface area contributed by atoms with Crippen LogP contribution in [0.3, 0.4) is 0 Å². The fourth-order valence-corrected chi connectivity index (χ4v) is 7.42. The summed E-state index contributed by atoms with van der Waals surface area (Å²) in [6.07, 6.45) is 76.5. The number of aliphatic hydroxyl groups excluding tert-OH is 1. The van der Waals surface area contributed by atoms with E-state index >= 15 is 0 Å². The number of rotatable bonds is 48. The number of allylic oxidation sites excluding steroid dienone is 16. The molecule has 0 spiro atoms. The average Bonchev–Trinajstić information content (AvgIpc) is 3.30. The molecule has 0 radical (unpaired) electrons. The zero-order chi connectivity index (χ0) is 46.3. The number of unbranched alkanes of at least 4 members (excludes halogenated alkanes) is 24. The summed E-state index contributed by atoms with van der Waals surface area (Å²) in [6.45, 7) is 3.92. The topological polar surface area (TPSA) is 72.8 Å². The maximum absolute atomic E-state index is 12.3. The Balaban J connectivity index is 3.51. The molecule has 1 N–H and O–H groups in total. The number of carbonyl (C=O) groups excluding carboxylic acids is 2. The van der Waals surface area contributed by atoms with E-state index in [1.165, 1.54) is 128 Å². The molecule has 0 bridgehead atoms. The van der Waals surface area contributed by atoms with Crippen LogP contribution in [0.15, 0.2) is 97.2 Å². The smallest absolute Gasteiger partial charge is 0.306 e. The number of carbonyl (C=O) groups is 2. The van der Waals surface area contributed by atoms with E-state index in [4.69, 9.17) is 9.47 Å². The molecule has 0 aromatic heterocycles. The number of hydrogen-bond acceptors (Lipinski definition) is 5. The molecule has 0 saturated heterocycles. The Labute approximate surface area is 396 Å². The molecule has 5 nitrogen and oxygen atoms in total. The van der Waals surface area contributed by atoms with Gasteiger partial charge in [-0.2, -0.15) is 0 Å². The van der Waals surface area contributed by atoms with E-state index in [9.17, 15) is 14.7 Å². The molecular weight excluding hydrogens is 789 g/mol. The molecule has 0 rings (SSSR count). The summed E-state index contributed by atoms with van der Waals surface area (Å²) in [5.74, 6) is -0.595. The molecule has 0 aliphatic rings.